The summed E-state index contributed by atoms with van der Waals surface area (Å²) in [5, 5.41) is 4.82. The summed E-state index contributed by atoms with van der Waals surface area (Å²) < 4.78 is 33.2. The highest BCUT2D eigenvalue weighted by Gasteiger charge is 2.33. The number of ether oxygens (including phenoxy) is 1. The number of fused-ring (bicyclic) bond motifs is 1. The van der Waals surface area contributed by atoms with E-state index >= 15 is 0 Å². The molecule has 0 unspecified atom stereocenters. The van der Waals surface area contributed by atoms with Crippen LogP contribution in [0.1, 0.15) is 33.1 Å². The normalized spacial score (nSPS) is 18.2. The molecule has 1 aliphatic heterocycles. The average Bonchev–Trinajstić information content (AvgIpc) is 2.73. The van der Waals surface area contributed by atoms with Crippen LogP contribution in [0.5, 0.6) is 0 Å². The van der Waals surface area contributed by atoms with Gasteiger partial charge in [0.25, 0.3) is 0 Å². The molecule has 6 nitrogen and oxygen atoms in total. The quantitative estimate of drug-likeness (QED) is 0.668. The zero-order valence-corrected chi connectivity index (χ0v) is 18.0. The molecule has 1 amide bonds. The summed E-state index contributed by atoms with van der Waals surface area (Å²) in [6.07, 6.45) is 2.31. The van der Waals surface area contributed by atoms with E-state index in [4.69, 9.17) is 4.74 Å². The summed E-state index contributed by atoms with van der Waals surface area (Å²) in [7, 11) is -3.63. The molecule has 1 N–H and O–H groups in total. The lowest BCUT2D eigenvalue weighted by atomic mass is 9.99. The fourth-order valence-electron chi connectivity index (χ4n) is 3.60. The number of piperidine rings is 1. The number of sulfonamides is 1. The highest BCUT2D eigenvalue weighted by molar-refractivity contribution is 7.89. The lowest BCUT2D eigenvalue weighted by Crippen LogP contribution is -2.45. The summed E-state index contributed by atoms with van der Waals surface area (Å²) in [6.45, 7) is 5.77. The number of rotatable bonds is 8. The number of nitrogens with zero attached hydrogens (tertiary/aromatic N) is 1. The molecule has 1 heterocycles. The van der Waals surface area contributed by atoms with Crippen molar-refractivity contribution >= 4 is 26.7 Å². The van der Waals surface area contributed by atoms with Crippen LogP contribution < -0.4 is 5.32 Å². The van der Waals surface area contributed by atoms with Crippen LogP contribution in [0, 0.1) is 5.92 Å². The fourth-order valence-corrected chi connectivity index (χ4v) is 5.16. The first-order chi connectivity index (χ1) is 13.9. The van der Waals surface area contributed by atoms with Crippen LogP contribution in [0.3, 0.4) is 0 Å². The van der Waals surface area contributed by atoms with Gasteiger partial charge in [0, 0.05) is 26.2 Å². The van der Waals surface area contributed by atoms with E-state index in [1.165, 1.54) is 4.31 Å². The number of carbonyl (C=O) groups excluding carboxylic acids is 1. The third-order valence-electron chi connectivity index (χ3n) is 5.19. The van der Waals surface area contributed by atoms with Crippen molar-refractivity contribution in [3.05, 3.63) is 42.5 Å². The van der Waals surface area contributed by atoms with E-state index in [1.54, 1.807) is 12.1 Å². The van der Waals surface area contributed by atoms with Crippen LogP contribution in [0.15, 0.2) is 47.4 Å². The molecule has 0 radical (unpaired) electrons. The van der Waals surface area contributed by atoms with E-state index in [-0.39, 0.29) is 29.4 Å². The molecule has 0 bridgehead atoms. The van der Waals surface area contributed by atoms with E-state index in [0.29, 0.717) is 32.5 Å². The summed E-state index contributed by atoms with van der Waals surface area (Å²) in [5.74, 6) is -0.391. The Morgan fingerprint density at radius 2 is 1.97 bits per heavy atom. The molecular weight excluding hydrogens is 388 g/mol. The molecule has 2 aromatic rings. The van der Waals surface area contributed by atoms with Crippen LogP contribution >= 0.6 is 0 Å². The first kappa shape index (κ1) is 21.7. The fraction of sp³-hybridized carbons (Fsp3) is 0.500. The lowest BCUT2D eigenvalue weighted by Gasteiger charge is -2.31. The van der Waals surface area contributed by atoms with Crippen LogP contribution in [0.2, 0.25) is 0 Å². The van der Waals surface area contributed by atoms with Crippen LogP contribution in [0.4, 0.5) is 0 Å². The zero-order chi connectivity index (χ0) is 20.9. The van der Waals surface area contributed by atoms with E-state index in [9.17, 15) is 13.2 Å². The largest absolute Gasteiger partial charge is 0.379 e. The second-order valence-electron chi connectivity index (χ2n) is 7.78. The van der Waals surface area contributed by atoms with Crippen molar-refractivity contribution in [3.63, 3.8) is 0 Å². The van der Waals surface area contributed by atoms with Gasteiger partial charge in [0.2, 0.25) is 15.9 Å². The highest BCUT2D eigenvalue weighted by Crippen LogP contribution is 2.26. The van der Waals surface area contributed by atoms with Crippen LogP contribution in [-0.4, -0.2) is 51.0 Å². The van der Waals surface area contributed by atoms with Gasteiger partial charge in [0.15, 0.2) is 0 Å². The summed E-state index contributed by atoms with van der Waals surface area (Å²) in [4.78, 5) is 12.8. The molecule has 7 heteroatoms. The molecule has 0 spiro atoms. The van der Waals surface area contributed by atoms with Crippen LogP contribution in [0.25, 0.3) is 10.8 Å². The molecule has 3 rings (SSSR count). The maximum atomic E-state index is 13.1. The zero-order valence-electron chi connectivity index (χ0n) is 17.1. The molecule has 29 heavy (non-hydrogen) atoms. The van der Waals surface area contributed by atoms with E-state index in [2.05, 4.69) is 5.32 Å². The predicted octanol–water partition coefficient (Wildman–Crippen LogP) is 3.17. The van der Waals surface area contributed by atoms with Crippen molar-refractivity contribution in [2.75, 3.05) is 26.2 Å². The number of hydrogen-bond acceptors (Lipinski definition) is 4. The van der Waals surface area contributed by atoms with Gasteiger partial charge in [-0.15, -0.1) is 0 Å². The number of hydrogen-bond donors (Lipinski definition) is 1. The van der Waals surface area contributed by atoms with E-state index in [0.717, 1.165) is 17.2 Å². The SMILES string of the molecule is CC(C)OCCCNC(=O)[C@H]1CCCN(S(=O)(=O)c2ccc3ccccc3c2)C1. The Morgan fingerprint density at radius 1 is 1.21 bits per heavy atom. The van der Waals surface area contributed by atoms with Gasteiger partial charge >= 0.3 is 0 Å². The monoisotopic (exact) mass is 418 g/mol. The van der Waals surface area contributed by atoms with Gasteiger partial charge < -0.3 is 10.1 Å². The summed E-state index contributed by atoms with van der Waals surface area (Å²) in [6, 6.07) is 12.9. The molecule has 0 saturated carbocycles. The summed E-state index contributed by atoms with van der Waals surface area (Å²) >= 11 is 0. The Hall–Kier alpha value is -1.96. The van der Waals surface area contributed by atoms with Gasteiger partial charge in [-0.3, -0.25) is 4.79 Å². The maximum Gasteiger partial charge on any atom is 0.243 e. The molecule has 158 valence electrons. The van der Waals surface area contributed by atoms with Crippen molar-refractivity contribution in [1.29, 1.82) is 0 Å². The van der Waals surface area contributed by atoms with Crippen molar-refractivity contribution in [2.24, 2.45) is 5.92 Å². The number of benzene rings is 2. The first-order valence-electron chi connectivity index (χ1n) is 10.3. The molecular formula is C22H30N2O4S. The molecule has 1 aliphatic rings. The number of carbonyl (C=O) groups is 1. The number of amides is 1. The highest BCUT2D eigenvalue weighted by atomic mass is 32.2. The van der Waals surface area contributed by atoms with Gasteiger partial charge in [0.05, 0.1) is 16.9 Å². The summed E-state index contributed by atoms with van der Waals surface area (Å²) in [5.41, 5.74) is 0. The third-order valence-corrected chi connectivity index (χ3v) is 7.05. The molecule has 2 aromatic carbocycles. The van der Waals surface area contributed by atoms with E-state index in [1.807, 2.05) is 44.2 Å². The molecule has 1 atom stereocenters. The van der Waals surface area contributed by atoms with Crippen molar-refractivity contribution < 1.29 is 17.9 Å². The smallest absolute Gasteiger partial charge is 0.243 e. The van der Waals surface area contributed by atoms with Crippen molar-refractivity contribution in [2.45, 2.75) is 44.1 Å². The Balaban J connectivity index is 1.62. The standard InChI is InChI=1S/C22H30N2O4S/c1-17(2)28-14-6-12-23-22(25)20-9-5-13-24(16-20)29(26,27)21-11-10-18-7-3-4-8-19(18)15-21/h3-4,7-8,10-11,15,17,20H,5-6,9,12-14,16H2,1-2H3,(H,23,25)/t20-/m0/s1. The number of nitrogens with one attached hydrogen (secondary N) is 1. The minimum atomic E-state index is -3.63. The van der Waals surface area contributed by atoms with Crippen molar-refractivity contribution in [1.82, 2.24) is 9.62 Å². The molecule has 1 saturated heterocycles. The Kier molecular flexibility index (Phi) is 7.27. The van der Waals surface area contributed by atoms with E-state index < -0.39 is 10.0 Å². The molecule has 0 aromatic heterocycles. The Labute approximate surface area is 173 Å². The van der Waals surface area contributed by atoms with Gasteiger partial charge in [-0.2, -0.15) is 4.31 Å². The van der Waals surface area contributed by atoms with Gasteiger partial charge in [-0.05, 0) is 56.0 Å². The second-order valence-corrected chi connectivity index (χ2v) is 9.71. The average molecular weight is 419 g/mol. The third kappa shape index (κ3) is 5.56. The minimum Gasteiger partial charge on any atom is -0.379 e. The molecule has 0 aliphatic carbocycles. The van der Waals surface area contributed by atoms with Crippen LogP contribution in [-0.2, 0) is 19.6 Å². The van der Waals surface area contributed by atoms with Crippen molar-refractivity contribution in [3.8, 4) is 0 Å². The minimum absolute atomic E-state index is 0.0760. The molecule has 1 fully saturated rings. The Morgan fingerprint density at radius 3 is 2.72 bits per heavy atom. The topological polar surface area (TPSA) is 75.7 Å². The lowest BCUT2D eigenvalue weighted by molar-refractivity contribution is -0.126. The predicted molar refractivity (Wildman–Crippen MR) is 114 cm³/mol. The Bertz CT molecular complexity index is 943. The van der Waals surface area contributed by atoms with Gasteiger partial charge in [-0.25, -0.2) is 8.42 Å². The van der Waals surface area contributed by atoms with Gasteiger partial charge in [0.1, 0.15) is 0 Å². The van der Waals surface area contributed by atoms with Gasteiger partial charge in [-0.1, -0.05) is 30.3 Å². The first-order valence-corrected chi connectivity index (χ1v) is 11.7. The second kappa shape index (κ2) is 9.69. The maximum absolute atomic E-state index is 13.1.